The van der Waals surface area contributed by atoms with E-state index in [-0.39, 0.29) is 0 Å². The van der Waals surface area contributed by atoms with Crippen molar-refractivity contribution in [3.63, 3.8) is 0 Å². The Labute approximate surface area is 94.9 Å². The molecule has 88 valence electrons. The summed E-state index contributed by atoms with van der Waals surface area (Å²) in [6.45, 7) is 0.497. The third kappa shape index (κ3) is 3.01. The van der Waals surface area contributed by atoms with Crippen LogP contribution in [0, 0.1) is 11.6 Å². The van der Waals surface area contributed by atoms with E-state index in [1.165, 1.54) is 44.2 Å². The molecular formula is C13H17F2N. The minimum absolute atomic E-state index is 0.455. The van der Waals surface area contributed by atoms with Crippen LogP contribution in [0.4, 0.5) is 8.78 Å². The first-order valence-electron chi connectivity index (χ1n) is 5.93. The predicted molar refractivity (Wildman–Crippen MR) is 60.1 cm³/mol. The Morgan fingerprint density at radius 1 is 1.12 bits per heavy atom. The van der Waals surface area contributed by atoms with Crippen molar-refractivity contribution in [1.29, 1.82) is 0 Å². The van der Waals surface area contributed by atoms with E-state index in [9.17, 15) is 8.78 Å². The first-order valence-corrected chi connectivity index (χ1v) is 5.93. The number of hydrogen-bond donors (Lipinski definition) is 1. The number of benzene rings is 1. The second kappa shape index (κ2) is 5.39. The maximum atomic E-state index is 13.3. The van der Waals surface area contributed by atoms with Gasteiger partial charge in [0.05, 0.1) is 0 Å². The molecule has 1 saturated carbocycles. The van der Waals surface area contributed by atoms with Crippen molar-refractivity contribution in [2.75, 3.05) is 0 Å². The average Bonchev–Trinajstić information content (AvgIpc) is 2.29. The topological polar surface area (TPSA) is 12.0 Å². The number of nitrogens with one attached hydrogen (secondary N) is 1. The smallest absolute Gasteiger partial charge is 0.130 e. The second-order valence-electron chi connectivity index (χ2n) is 4.45. The fraction of sp³-hybridized carbons (Fsp3) is 0.538. The van der Waals surface area contributed by atoms with Crippen LogP contribution in [0.3, 0.4) is 0 Å². The summed E-state index contributed by atoms with van der Waals surface area (Å²) in [5, 5.41) is 3.34. The van der Waals surface area contributed by atoms with Crippen LogP contribution in [0.25, 0.3) is 0 Å². The molecule has 2 rings (SSSR count). The summed E-state index contributed by atoms with van der Waals surface area (Å²) in [4.78, 5) is 0. The molecule has 0 heterocycles. The molecule has 0 bridgehead atoms. The number of halogens is 2. The first kappa shape index (κ1) is 11.5. The van der Waals surface area contributed by atoms with Gasteiger partial charge in [-0.15, -0.1) is 0 Å². The van der Waals surface area contributed by atoms with Gasteiger partial charge in [0.1, 0.15) is 11.6 Å². The lowest BCUT2D eigenvalue weighted by Gasteiger charge is -2.22. The van der Waals surface area contributed by atoms with Gasteiger partial charge in [0.25, 0.3) is 0 Å². The Hall–Kier alpha value is -0.960. The van der Waals surface area contributed by atoms with Crippen molar-refractivity contribution in [2.24, 2.45) is 0 Å². The van der Waals surface area contributed by atoms with Crippen molar-refractivity contribution in [2.45, 2.75) is 44.7 Å². The Balaban J connectivity index is 1.88. The highest BCUT2D eigenvalue weighted by atomic mass is 19.1. The lowest BCUT2D eigenvalue weighted by molar-refractivity contribution is 0.370. The molecule has 1 aliphatic rings. The van der Waals surface area contributed by atoms with E-state index in [4.69, 9.17) is 0 Å². The van der Waals surface area contributed by atoms with Gasteiger partial charge in [-0.1, -0.05) is 25.3 Å². The highest BCUT2D eigenvalue weighted by molar-refractivity contribution is 5.18. The Morgan fingerprint density at radius 2 is 1.88 bits per heavy atom. The molecule has 1 fully saturated rings. The highest BCUT2D eigenvalue weighted by Gasteiger charge is 2.13. The largest absolute Gasteiger partial charge is 0.310 e. The van der Waals surface area contributed by atoms with Gasteiger partial charge >= 0.3 is 0 Å². The summed E-state index contributed by atoms with van der Waals surface area (Å²) in [5.74, 6) is -0.970. The van der Waals surface area contributed by atoms with Crippen LogP contribution in [0.2, 0.25) is 0 Å². The van der Waals surface area contributed by atoms with E-state index in [0.29, 0.717) is 18.2 Å². The lowest BCUT2D eigenvalue weighted by atomic mass is 9.95. The van der Waals surface area contributed by atoms with Crippen LogP contribution in [0.15, 0.2) is 18.2 Å². The maximum Gasteiger partial charge on any atom is 0.130 e. The summed E-state index contributed by atoms with van der Waals surface area (Å²) in [6.07, 6.45) is 6.15. The van der Waals surface area contributed by atoms with E-state index in [1.807, 2.05) is 0 Å². The highest BCUT2D eigenvalue weighted by Crippen LogP contribution is 2.18. The fourth-order valence-electron chi connectivity index (χ4n) is 2.23. The van der Waals surface area contributed by atoms with Crippen LogP contribution in [0.1, 0.15) is 37.7 Å². The molecule has 1 aromatic rings. The lowest BCUT2D eigenvalue weighted by Crippen LogP contribution is -2.30. The van der Waals surface area contributed by atoms with Gasteiger partial charge in [-0.2, -0.15) is 0 Å². The van der Waals surface area contributed by atoms with Crippen LogP contribution < -0.4 is 5.32 Å². The zero-order valence-corrected chi connectivity index (χ0v) is 9.31. The van der Waals surface area contributed by atoms with E-state index < -0.39 is 11.6 Å². The van der Waals surface area contributed by atoms with Crippen LogP contribution in [-0.2, 0) is 6.54 Å². The molecule has 0 aromatic heterocycles. The maximum absolute atomic E-state index is 13.3. The molecule has 1 nitrogen and oxygen atoms in total. The van der Waals surface area contributed by atoms with Crippen LogP contribution in [0.5, 0.6) is 0 Å². The summed E-state index contributed by atoms with van der Waals surface area (Å²) < 4.78 is 26.0. The molecular weight excluding hydrogens is 208 g/mol. The average molecular weight is 225 g/mol. The Kier molecular flexibility index (Phi) is 3.88. The van der Waals surface area contributed by atoms with Crippen LogP contribution >= 0.6 is 0 Å². The van der Waals surface area contributed by atoms with Gasteiger partial charge in [0.15, 0.2) is 0 Å². The van der Waals surface area contributed by atoms with E-state index in [2.05, 4.69) is 5.32 Å². The molecule has 0 aliphatic heterocycles. The third-order valence-electron chi connectivity index (χ3n) is 3.20. The van der Waals surface area contributed by atoms with E-state index in [0.717, 1.165) is 6.07 Å². The van der Waals surface area contributed by atoms with Crippen molar-refractivity contribution in [3.05, 3.63) is 35.4 Å². The van der Waals surface area contributed by atoms with E-state index >= 15 is 0 Å². The summed E-state index contributed by atoms with van der Waals surface area (Å²) >= 11 is 0. The van der Waals surface area contributed by atoms with Gasteiger partial charge in [-0.05, 0) is 18.9 Å². The monoisotopic (exact) mass is 225 g/mol. The third-order valence-corrected chi connectivity index (χ3v) is 3.20. The molecule has 1 aromatic carbocycles. The first-order chi connectivity index (χ1) is 7.75. The normalized spacial score (nSPS) is 17.6. The molecule has 0 spiro atoms. The van der Waals surface area contributed by atoms with Gasteiger partial charge < -0.3 is 5.32 Å². The van der Waals surface area contributed by atoms with Crippen molar-refractivity contribution < 1.29 is 8.78 Å². The van der Waals surface area contributed by atoms with Crippen molar-refractivity contribution in [3.8, 4) is 0 Å². The van der Waals surface area contributed by atoms with Gasteiger partial charge in [-0.25, -0.2) is 8.78 Å². The van der Waals surface area contributed by atoms with Gasteiger partial charge in [0, 0.05) is 24.2 Å². The molecule has 16 heavy (non-hydrogen) atoms. The number of hydrogen-bond acceptors (Lipinski definition) is 1. The molecule has 0 radical (unpaired) electrons. The zero-order chi connectivity index (χ0) is 11.4. The minimum atomic E-state index is -0.515. The predicted octanol–water partition coefficient (Wildman–Crippen LogP) is 3.39. The molecule has 1 aliphatic carbocycles. The van der Waals surface area contributed by atoms with Gasteiger partial charge in [-0.3, -0.25) is 0 Å². The fourth-order valence-corrected chi connectivity index (χ4v) is 2.23. The summed E-state index contributed by atoms with van der Waals surface area (Å²) in [6, 6.07) is 4.26. The van der Waals surface area contributed by atoms with Crippen molar-refractivity contribution >= 4 is 0 Å². The summed E-state index contributed by atoms with van der Waals surface area (Å²) in [5.41, 5.74) is 0.548. The zero-order valence-electron chi connectivity index (χ0n) is 9.31. The molecule has 3 heteroatoms. The van der Waals surface area contributed by atoms with Gasteiger partial charge in [0.2, 0.25) is 0 Å². The standard InChI is InChI=1S/C13H17F2N/c14-11-7-6-10(13(15)8-11)9-16-12-4-2-1-3-5-12/h6-8,12,16H,1-5,9H2. The van der Waals surface area contributed by atoms with Crippen LogP contribution in [-0.4, -0.2) is 6.04 Å². The summed E-state index contributed by atoms with van der Waals surface area (Å²) in [7, 11) is 0. The molecule has 1 N–H and O–H groups in total. The minimum Gasteiger partial charge on any atom is -0.310 e. The molecule has 0 saturated heterocycles. The SMILES string of the molecule is Fc1ccc(CNC2CCCCC2)c(F)c1. The molecule has 0 unspecified atom stereocenters. The molecule has 0 amide bonds. The quantitative estimate of drug-likeness (QED) is 0.831. The Morgan fingerprint density at radius 3 is 2.56 bits per heavy atom. The van der Waals surface area contributed by atoms with E-state index in [1.54, 1.807) is 0 Å². The van der Waals surface area contributed by atoms with Crippen molar-refractivity contribution in [1.82, 2.24) is 5.32 Å². The number of rotatable bonds is 3. The molecule has 0 atom stereocenters. The Bertz CT molecular complexity index is 346. The second-order valence-corrected chi connectivity index (χ2v) is 4.45.